The predicted molar refractivity (Wildman–Crippen MR) is 56.9 cm³/mol. The Labute approximate surface area is 86.5 Å². The molecule has 1 aromatic rings. The van der Waals surface area contributed by atoms with E-state index in [1.807, 2.05) is 25.1 Å². The highest BCUT2D eigenvalue weighted by atomic mass is 79.9. The van der Waals surface area contributed by atoms with Crippen molar-refractivity contribution in [2.75, 3.05) is 19.0 Å². The summed E-state index contributed by atoms with van der Waals surface area (Å²) in [4.78, 5) is 6.10. The highest BCUT2D eigenvalue weighted by molar-refractivity contribution is 9.10. The molecule has 0 fully saturated rings. The van der Waals surface area contributed by atoms with Crippen LogP contribution in [0.2, 0.25) is 0 Å². The lowest BCUT2D eigenvalue weighted by molar-refractivity contribution is 0.199. The number of aliphatic hydroxyl groups is 1. The van der Waals surface area contributed by atoms with E-state index in [9.17, 15) is 5.11 Å². The van der Waals surface area contributed by atoms with Gasteiger partial charge in [0, 0.05) is 30.3 Å². The summed E-state index contributed by atoms with van der Waals surface area (Å²) >= 11 is 3.32. The zero-order valence-corrected chi connectivity index (χ0v) is 9.54. The van der Waals surface area contributed by atoms with Gasteiger partial charge in [-0.15, -0.1) is 0 Å². The molecular formula is C9H13BrN2O. The van der Waals surface area contributed by atoms with E-state index in [1.165, 1.54) is 0 Å². The summed E-state index contributed by atoms with van der Waals surface area (Å²) in [6.07, 6.45) is 1.23. The number of aromatic nitrogens is 1. The normalized spacial score (nSPS) is 12.7. The van der Waals surface area contributed by atoms with Crippen LogP contribution in [0.15, 0.2) is 16.7 Å². The lowest BCUT2D eigenvalue weighted by Gasteiger charge is -2.17. The van der Waals surface area contributed by atoms with Gasteiger partial charge in [-0.05, 0) is 28.9 Å². The van der Waals surface area contributed by atoms with Crippen LogP contribution in [0.4, 0.5) is 5.82 Å². The largest absolute Gasteiger partial charge is 0.389 e. The van der Waals surface area contributed by atoms with Crippen molar-refractivity contribution in [3.63, 3.8) is 0 Å². The van der Waals surface area contributed by atoms with E-state index in [1.54, 1.807) is 13.1 Å². The average molecular weight is 245 g/mol. The van der Waals surface area contributed by atoms with Crippen molar-refractivity contribution in [1.29, 1.82) is 0 Å². The number of aliphatic hydroxyl groups excluding tert-OH is 1. The second-order valence-electron chi connectivity index (χ2n) is 3.14. The number of hydrogen-bond acceptors (Lipinski definition) is 3. The molecule has 0 aliphatic heterocycles. The molecule has 0 spiro atoms. The van der Waals surface area contributed by atoms with Gasteiger partial charge < -0.3 is 10.0 Å². The maximum Gasteiger partial charge on any atom is 0.133 e. The van der Waals surface area contributed by atoms with Crippen molar-refractivity contribution in [1.82, 2.24) is 4.98 Å². The van der Waals surface area contributed by atoms with Crippen molar-refractivity contribution in [2.45, 2.75) is 13.0 Å². The van der Waals surface area contributed by atoms with E-state index in [2.05, 4.69) is 20.9 Å². The fourth-order valence-corrected chi connectivity index (χ4v) is 1.48. The molecule has 1 aromatic heterocycles. The van der Waals surface area contributed by atoms with Gasteiger partial charge in [-0.2, -0.15) is 0 Å². The van der Waals surface area contributed by atoms with Gasteiger partial charge in [0.25, 0.3) is 0 Å². The summed E-state index contributed by atoms with van der Waals surface area (Å²) in [6.45, 7) is 1.73. The first-order chi connectivity index (χ1) is 6.02. The van der Waals surface area contributed by atoms with Crippen LogP contribution in [0.25, 0.3) is 0 Å². The minimum absolute atomic E-state index is 0.498. The van der Waals surface area contributed by atoms with Gasteiger partial charge in [-0.25, -0.2) is 4.98 Å². The van der Waals surface area contributed by atoms with Gasteiger partial charge in [0.1, 0.15) is 5.82 Å². The van der Waals surface area contributed by atoms with E-state index >= 15 is 0 Å². The minimum Gasteiger partial charge on any atom is -0.389 e. The second kappa shape index (κ2) is 4.07. The monoisotopic (exact) mass is 244 g/mol. The quantitative estimate of drug-likeness (QED) is 0.865. The molecule has 0 aliphatic carbocycles. The van der Waals surface area contributed by atoms with E-state index in [0.29, 0.717) is 0 Å². The zero-order chi connectivity index (χ0) is 10.0. The Morgan fingerprint density at radius 1 is 1.54 bits per heavy atom. The van der Waals surface area contributed by atoms with Crippen LogP contribution in [0.5, 0.6) is 0 Å². The molecule has 0 saturated carbocycles. The first kappa shape index (κ1) is 10.5. The maximum atomic E-state index is 9.49. The molecule has 72 valence electrons. The van der Waals surface area contributed by atoms with Crippen LogP contribution in [-0.2, 0) is 0 Å². The third kappa shape index (κ3) is 2.42. The van der Waals surface area contributed by atoms with Gasteiger partial charge in [0.05, 0.1) is 6.10 Å². The molecule has 13 heavy (non-hydrogen) atoms. The third-order valence-corrected chi connectivity index (χ3v) is 2.17. The molecule has 1 atom stereocenters. The van der Waals surface area contributed by atoms with Crippen molar-refractivity contribution in [3.05, 3.63) is 22.3 Å². The molecular weight excluding hydrogens is 232 g/mol. The first-order valence-corrected chi connectivity index (χ1v) is 4.82. The lowest BCUT2D eigenvalue weighted by Crippen LogP contribution is -2.14. The van der Waals surface area contributed by atoms with Gasteiger partial charge in [0.15, 0.2) is 0 Å². The third-order valence-electron chi connectivity index (χ3n) is 1.74. The van der Waals surface area contributed by atoms with Crippen molar-refractivity contribution < 1.29 is 5.11 Å². The highest BCUT2D eigenvalue weighted by Crippen LogP contribution is 2.25. The summed E-state index contributed by atoms with van der Waals surface area (Å²) in [5.74, 6) is 0.804. The number of anilines is 1. The van der Waals surface area contributed by atoms with E-state index in [0.717, 1.165) is 15.9 Å². The predicted octanol–water partition coefficient (Wildman–Crippen LogP) is 1.96. The Kier molecular flexibility index (Phi) is 3.27. The topological polar surface area (TPSA) is 36.4 Å². The summed E-state index contributed by atoms with van der Waals surface area (Å²) in [5, 5.41) is 9.49. The molecule has 1 unspecified atom stereocenters. The number of pyridine rings is 1. The highest BCUT2D eigenvalue weighted by Gasteiger charge is 2.11. The fourth-order valence-electron chi connectivity index (χ4n) is 1.13. The first-order valence-electron chi connectivity index (χ1n) is 4.03. The summed E-state index contributed by atoms with van der Waals surface area (Å²) in [7, 11) is 3.81. The van der Waals surface area contributed by atoms with Crippen LogP contribution < -0.4 is 4.90 Å². The molecule has 0 aromatic carbocycles. The summed E-state index contributed by atoms with van der Waals surface area (Å²) in [5.41, 5.74) is 0.833. The van der Waals surface area contributed by atoms with E-state index in [4.69, 9.17) is 0 Å². The van der Waals surface area contributed by atoms with Crippen LogP contribution in [0.3, 0.4) is 0 Å². The zero-order valence-electron chi connectivity index (χ0n) is 7.95. The maximum absolute atomic E-state index is 9.49. The number of hydrogen-bond donors (Lipinski definition) is 1. The standard InChI is InChI=1S/C9H13BrN2O/c1-6(13)8-4-7(10)5-11-9(8)12(2)3/h4-6,13H,1-3H3. The van der Waals surface area contributed by atoms with Crippen LogP contribution in [0.1, 0.15) is 18.6 Å². The van der Waals surface area contributed by atoms with E-state index in [-0.39, 0.29) is 0 Å². The summed E-state index contributed by atoms with van der Waals surface area (Å²) < 4.78 is 0.883. The Hall–Kier alpha value is -0.610. The molecule has 0 saturated heterocycles. The van der Waals surface area contributed by atoms with Crippen molar-refractivity contribution in [3.8, 4) is 0 Å². The number of halogens is 1. The summed E-state index contributed by atoms with van der Waals surface area (Å²) in [6, 6.07) is 1.88. The second-order valence-corrected chi connectivity index (χ2v) is 4.05. The molecule has 0 aliphatic rings. The lowest BCUT2D eigenvalue weighted by atomic mass is 10.1. The van der Waals surface area contributed by atoms with Gasteiger partial charge in [-0.3, -0.25) is 0 Å². The Morgan fingerprint density at radius 3 is 2.62 bits per heavy atom. The van der Waals surface area contributed by atoms with Crippen LogP contribution in [-0.4, -0.2) is 24.2 Å². The van der Waals surface area contributed by atoms with Gasteiger partial charge >= 0.3 is 0 Å². The smallest absolute Gasteiger partial charge is 0.133 e. The minimum atomic E-state index is -0.498. The fraction of sp³-hybridized carbons (Fsp3) is 0.444. The SMILES string of the molecule is CC(O)c1cc(Br)cnc1N(C)C. The average Bonchev–Trinajstić information content (AvgIpc) is 2.03. The Bertz CT molecular complexity index is 300. The molecule has 1 N–H and O–H groups in total. The Balaban J connectivity index is 3.19. The number of nitrogens with zero attached hydrogens (tertiary/aromatic N) is 2. The molecule has 0 amide bonds. The van der Waals surface area contributed by atoms with Crippen molar-refractivity contribution in [2.24, 2.45) is 0 Å². The molecule has 0 bridgehead atoms. The molecule has 0 radical (unpaired) electrons. The van der Waals surface area contributed by atoms with Gasteiger partial charge in [-0.1, -0.05) is 0 Å². The molecule has 3 nitrogen and oxygen atoms in total. The Morgan fingerprint density at radius 2 is 2.15 bits per heavy atom. The molecule has 4 heteroatoms. The number of rotatable bonds is 2. The van der Waals surface area contributed by atoms with Gasteiger partial charge in [0.2, 0.25) is 0 Å². The van der Waals surface area contributed by atoms with E-state index < -0.39 is 6.10 Å². The van der Waals surface area contributed by atoms with Crippen molar-refractivity contribution >= 4 is 21.7 Å². The molecule has 1 rings (SSSR count). The van der Waals surface area contributed by atoms with Crippen LogP contribution >= 0.6 is 15.9 Å². The van der Waals surface area contributed by atoms with Crippen LogP contribution in [0, 0.1) is 0 Å². The molecule has 1 heterocycles.